The zero-order valence-electron chi connectivity index (χ0n) is 21.7. The van der Waals surface area contributed by atoms with Crippen molar-refractivity contribution in [2.75, 3.05) is 0 Å². The highest BCUT2D eigenvalue weighted by molar-refractivity contribution is 4.82. The highest BCUT2D eigenvalue weighted by Crippen LogP contribution is 2.42. The van der Waals surface area contributed by atoms with Crippen molar-refractivity contribution in [2.45, 2.75) is 133 Å². The third-order valence-electron chi connectivity index (χ3n) is 7.86. The van der Waals surface area contributed by atoms with E-state index < -0.39 is 0 Å². The summed E-state index contributed by atoms with van der Waals surface area (Å²) in [4.78, 5) is 0. The molecule has 0 radical (unpaired) electrons. The normalized spacial score (nSPS) is 23.6. The van der Waals surface area contributed by atoms with Gasteiger partial charge in [0.05, 0.1) is 0 Å². The van der Waals surface area contributed by atoms with Gasteiger partial charge in [-0.2, -0.15) is 0 Å². The van der Waals surface area contributed by atoms with Gasteiger partial charge in [-0.15, -0.1) is 0 Å². The Morgan fingerprint density at radius 3 is 1.75 bits per heavy atom. The van der Waals surface area contributed by atoms with Crippen LogP contribution in [0.1, 0.15) is 133 Å². The van der Waals surface area contributed by atoms with Crippen molar-refractivity contribution in [3.63, 3.8) is 0 Å². The van der Waals surface area contributed by atoms with Crippen molar-refractivity contribution in [3.8, 4) is 0 Å². The van der Waals surface area contributed by atoms with Crippen LogP contribution < -0.4 is 0 Å². The zero-order chi connectivity index (χ0) is 21.7. The second-order valence-electron chi connectivity index (χ2n) is 11.2. The number of hydrogen-bond acceptors (Lipinski definition) is 0. The monoisotopic (exact) mass is 394 g/mol. The van der Waals surface area contributed by atoms with Gasteiger partial charge in [-0.25, -0.2) is 0 Å². The Balaban J connectivity index is 0.000000887. The average molecular weight is 395 g/mol. The molecule has 0 heteroatoms. The average Bonchev–Trinajstić information content (AvgIpc) is 2.62. The molecule has 0 N–H and O–H groups in total. The van der Waals surface area contributed by atoms with Gasteiger partial charge in [0.15, 0.2) is 0 Å². The summed E-state index contributed by atoms with van der Waals surface area (Å²) in [5.74, 6) is 7.55. The molecule has 0 aliphatic heterocycles. The maximum absolute atomic E-state index is 2.52. The van der Waals surface area contributed by atoms with Crippen molar-refractivity contribution in [1.82, 2.24) is 0 Å². The van der Waals surface area contributed by atoms with E-state index in [9.17, 15) is 0 Å². The highest BCUT2D eigenvalue weighted by atomic mass is 14.4. The van der Waals surface area contributed by atoms with E-state index in [1.165, 1.54) is 64.2 Å². The summed E-state index contributed by atoms with van der Waals surface area (Å²) in [7, 11) is 0. The Bertz CT molecular complexity index is 336. The number of hydrogen-bond donors (Lipinski definition) is 0. The van der Waals surface area contributed by atoms with Crippen LogP contribution in [0.4, 0.5) is 0 Å². The second kappa shape index (κ2) is 15.8. The molecule has 1 fully saturated rings. The predicted molar refractivity (Wildman–Crippen MR) is 131 cm³/mol. The van der Waals surface area contributed by atoms with E-state index in [4.69, 9.17) is 0 Å². The number of rotatable bonds is 13. The summed E-state index contributed by atoms with van der Waals surface area (Å²) in [5, 5.41) is 0. The van der Waals surface area contributed by atoms with Gasteiger partial charge in [-0.1, -0.05) is 114 Å². The molecule has 4 unspecified atom stereocenters. The fourth-order valence-electron chi connectivity index (χ4n) is 5.15. The Hall–Kier alpha value is 0. The molecular formula is C28H58. The topological polar surface area (TPSA) is 0 Å². The quantitative estimate of drug-likeness (QED) is 0.291. The molecule has 1 aliphatic carbocycles. The van der Waals surface area contributed by atoms with Crippen molar-refractivity contribution in [2.24, 2.45) is 47.3 Å². The lowest BCUT2D eigenvalue weighted by Crippen LogP contribution is -2.27. The standard InChI is InChI=1S/C21H42.C7H16/c1-8-16(5)12-20-13-19(14-20)11-10-17(6)21(9-2)18(7)15(3)4;1-4-5-6-7(2)3/h15-21H,8-14H2,1-7H3;7H,4-6H2,1-3H3. The lowest BCUT2D eigenvalue weighted by molar-refractivity contribution is 0.126. The van der Waals surface area contributed by atoms with Crippen LogP contribution in [-0.2, 0) is 0 Å². The highest BCUT2D eigenvalue weighted by Gasteiger charge is 2.31. The van der Waals surface area contributed by atoms with Crippen LogP contribution in [-0.4, -0.2) is 0 Å². The van der Waals surface area contributed by atoms with Crippen molar-refractivity contribution in [1.29, 1.82) is 0 Å². The van der Waals surface area contributed by atoms with E-state index in [2.05, 4.69) is 69.2 Å². The molecule has 170 valence electrons. The van der Waals surface area contributed by atoms with Gasteiger partial charge in [0.25, 0.3) is 0 Å². The molecule has 0 amide bonds. The summed E-state index contributed by atoms with van der Waals surface area (Å²) in [5.41, 5.74) is 0. The molecule has 0 aromatic rings. The van der Waals surface area contributed by atoms with Gasteiger partial charge in [-0.3, -0.25) is 0 Å². The molecule has 4 atom stereocenters. The first kappa shape index (κ1) is 28.0. The van der Waals surface area contributed by atoms with Gasteiger partial charge in [0.2, 0.25) is 0 Å². The Morgan fingerprint density at radius 2 is 1.36 bits per heavy atom. The van der Waals surface area contributed by atoms with Crippen LogP contribution in [0, 0.1) is 47.3 Å². The molecule has 0 aromatic carbocycles. The zero-order valence-corrected chi connectivity index (χ0v) is 21.7. The smallest absolute Gasteiger partial charge is 0.0363 e. The lowest BCUT2D eigenvalue weighted by atomic mass is 9.67. The van der Waals surface area contributed by atoms with Crippen LogP contribution >= 0.6 is 0 Å². The van der Waals surface area contributed by atoms with Gasteiger partial charge in [0, 0.05) is 0 Å². The molecular weight excluding hydrogens is 336 g/mol. The van der Waals surface area contributed by atoms with E-state index in [-0.39, 0.29) is 0 Å². The van der Waals surface area contributed by atoms with E-state index in [1.54, 1.807) is 0 Å². The third kappa shape index (κ3) is 11.9. The molecule has 0 nitrogen and oxygen atoms in total. The van der Waals surface area contributed by atoms with Gasteiger partial charge < -0.3 is 0 Å². The summed E-state index contributed by atoms with van der Waals surface area (Å²) in [6, 6.07) is 0. The molecule has 0 spiro atoms. The van der Waals surface area contributed by atoms with Gasteiger partial charge >= 0.3 is 0 Å². The Morgan fingerprint density at radius 1 is 0.750 bits per heavy atom. The fraction of sp³-hybridized carbons (Fsp3) is 1.00. The molecule has 1 saturated carbocycles. The van der Waals surface area contributed by atoms with E-state index in [0.717, 1.165) is 47.3 Å². The molecule has 0 bridgehead atoms. The first-order valence-electron chi connectivity index (χ1n) is 13.2. The minimum atomic E-state index is 0.834. The van der Waals surface area contributed by atoms with E-state index in [0.29, 0.717) is 0 Å². The van der Waals surface area contributed by atoms with E-state index in [1.807, 2.05) is 0 Å². The Labute approximate surface area is 181 Å². The maximum Gasteiger partial charge on any atom is -0.0363 e. The first-order chi connectivity index (χ1) is 13.2. The minimum absolute atomic E-state index is 0.834. The summed E-state index contributed by atoms with van der Waals surface area (Å²) >= 11 is 0. The van der Waals surface area contributed by atoms with Crippen LogP contribution in [0.2, 0.25) is 0 Å². The van der Waals surface area contributed by atoms with Crippen LogP contribution in [0.3, 0.4) is 0 Å². The SMILES string of the molecule is CCC(C)CC1CC(CCC(C)C(CC)C(C)C(C)C)C1.CCCCC(C)C. The molecule has 1 aliphatic rings. The largest absolute Gasteiger partial charge is 0.0654 e. The van der Waals surface area contributed by atoms with Gasteiger partial charge in [0.1, 0.15) is 0 Å². The van der Waals surface area contributed by atoms with Gasteiger partial charge in [-0.05, 0) is 66.6 Å². The van der Waals surface area contributed by atoms with Crippen LogP contribution in [0.25, 0.3) is 0 Å². The molecule has 28 heavy (non-hydrogen) atoms. The summed E-state index contributed by atoms with van der Waals surface area (Å²) in [6.45, 7) is 23.7. The summed E-state index contributed by atoms with van der Waals surface area (Å²) < 4.78 is 0. The fourth-order valence-corrected chi connectivity index (χ4v) is 5.15. The first-order valence-corrected chi connectivity index (χ1v) is 13.2. The Kier molecular flexibility index (Phi) is 15.8. The van der Waals surface area contributed by atoms with E-state index >= 15 is 0 Å². The van der Waals surface area contributed by atoms with Crippen LogP contribution in [0.5, 0.6) is 0 Å². The molecule has 0 heterocycles. The molecule has 1 rings (SSSR count). The number of unbranched alkanes of at least 4 members (excludes halogenated alkanes) is 1. The molecule has 0 saturated heterocycles. The van der Waals surface area contributed by atoms with Crippen molar-refractivity contribution >= 4 is 0 Å². The molecule has 0 aromatic heterocycles. The van der Waals surface area contributed by atoms with Crippen molar-refractivity contribution < 1.29 is 0 Å². The van der Waals surface area contributed by atoms with Crippen molar-refractivity contribution in [3.05, 3.63) is 0 Å². The summed E-state index contributed by atoms with van der Waals surface area (Å²) in [6.07, 6.45) is 14.4. The third-order valence-corrected chi connectivity index (χ3v) is 7.86. The van der Waals surface area contributed by atoms with Crippen LogP contribution in [0.15, 0.2) is 0 Å². The lowest BCUT2D eigenvalue weighted by Gasteiger charge is -2.38. The maximum atomic E-state index is 2.52. The predicted octanol–water partition coefficient (Wildman–Crippen LogP) is 10.0. The second-order valence-corrected chi connectivity index (χ2v) is 11.2. The minimum Gasteiger partial charge on any atom is -0.0654 e.